The second kappa shape index (κ2) is 8.57. The number of aromatic amines is 1. The number of pyridine rings is 1. The number of para-hydroxylation sites is 1. The van der Waals surface area contributed by atoms with Crippen LogP contribution in [0.15, 0.2) is 65.5 Å². The zero-order chi connectivity index (χ0) is 20.1. The van der Waals surface area contributed by atoms with Gasteiger partial charge in [0.25, 0.3) is 11.5 Å². The molecule has 28 heavy (non-hydrogen) atoms. The van der Waals surface area contributed by atoms with Crippen molar-refractivity contribution in [2.75, 3.05) is 7.11 Å². The van der Waals surface area contributed by atoms with E-state index in [-0.39, 0.29) is 11.1 Å². The number of ether oxygens (including phenoxy) is 1. The van der Waals surface area contributed by atoms with Gasteiger partial charge in [-0.25, -0.2) is 0 Å². The van der Waals surface area contributed by atoms with E-state index in [0.29, 0.717) is 12.2 Å². The van der Waals surface area contributed by atoms with E-state index in [1.807, 2.05) is 68.4 Å². The van der Waals surface area contributed by atoms with E-state index < -0.39 is 11.9 Å². The van der Waals surface area contributed by atoms with Crippen LogP contribution in [0.3, 0.4) is 0 Å². The highest BCUT2D eigenvalue weighted by Crippen LogP contribution is 2.30. The Balaban J connectivity index is 2.02. The lowest BCUT2D eigenvalue weighted by Crippen LogP contribution is -2.34. The van der Waals surface area contributed by atoms with Crippen LogP contribution >= 0.6 is 0 Å². The van der Waals surface area contributed by atoms with Gasteiger partial charge in [-0.3, -0.25) is 9.59 Å². The normalized spacial score (nSPS) is 11.7. The number of carbonyl (C=O) groups excluding carboxylic acids is 1. The van der Waals surface area contributed by atoms with Gasteiger partial charge in [0.05, 0.1) is 13.2 Å². The van der Waals surface area contributed by atoms with Crippen LogP contribution in [-0.2, 0) is 6.42 Å². The van der Waals surface area contributed by atoms with Gasteiger partial charge < -0.3 is 15.0 Å². The minimum absolute atomic E-state index is 0.102. The van der Waals surface area contributed by atoms with Gasteiger partial charge in [0.2, 0.25) is 0 Å². The highest BCUT2D eigenvalue weighted by molar-refractivity contribution is 5.94. The molecule has 5 nitrogen and oxygen atoms in total. The number of hydrogen-bond acceptors (Lipinski definition) is 3. The van der Waals surface area contributed by atoms with Crippen LogP contribution < -0.4 is 15.6 Å². The SMILES string of the molecule is CCc1[nH]c(=O)c(C(=O)N[C@@H](c2ccccc2)c2ccccc2OC)cc1C. The van der Waals surface area contributed by atoms with Crippen LogP contribution in [0.1, 0.15) is 45.7 Å². The van der Waals surface area contributed by atoms with Crippen LogP contribution in [0.4, 0.5) is 0 Å². The number of amides is 1. The predicted molar refractivity (Wildman–Crippen MR) is 110 cm³/mol. The van der Waals surface area contributed by atoms with Crippen molar-refractivity contribution in [2.45, 2.75) is 26.3 Å². The quantitative estimate of drug-likeness (QED) is 0.688. The van der Waals surface area contributed by atoms with Crippen LogP contribution in [-0.4, -0.2) is 18.0 Å². The maximum absolute atomic E-state index is 13.0. The molecular formula is C23H24N2O3. The molecule has 1 amide bonds. The summed E-state index contributed by atoms with van der Waals surface area (Å²) in [6, 6.07) is 18.4. The highest BCUT2D eigenvalue weighted by Gasteiger charge is 2.22. The molecule has 0 aliphatic carbocycles. The Morgan fingerprint density at radius 2 is 1.79 bits per heavy atom. The maximum atomic E-state index is 13.0. The molecule has 0 aliphatic heterocycles. The van der Waals surface area contributed by atoms with Gasteiger partial charge in [-0.1, -0.05) is 55.5 Å². The summed E-state index contributed by atoms with van der Waals surface area (Å²) in [4.78, 5) is 28.2. The van der Waals surface area contributed by atoms with Crippen molar-refractivity contribution < 1.29 is 9.53 Å². The van der Waals surface area contributed by atoms with Crippen molar-refractivity contribution in [3.63, 3.8) is 0 Å². The van der Waals surface area contributed by atoms with Crippen molar-refractivity contribution in [2.24, 2.45) is 0 Å². The van der Waals surface area contributed by atoms with Gasteiger partial charge in [-0.15, -0.1) is 0 Å². The summed E-state index contributed by atoms with van der Waals surface area (Å²) in [5, 5.41) is 3.01. The number of aryl methyl sites for hydroxylation is 2. The Kier molecular flexibility index (Phi) is 5.94. The topological polar surface area (TPSA) is 71.2 Å². The molecule has 0 fully saturated rings. The molecular weight excluding hydrogens is 352 g/mol. The number of nitrogens with one attached hydrogen (secondary N) is 2. The van der Waals surface area contributed by atoms with Gasteiger partial charge in [0, 0.05) is 11.3 Å². The summed E-state index contributed by atoms with van der Waals surface area (Å²) in [5.74, 6) is 0.245. The highest BCUT2D eigenvalue weighted by atomic mass is 16.5. The van der Waals surface area contributed by atoms with E-state index in [1.54, 1.807) is 13.2 Å². The fraction of sp³-hybridized carbons (Fsp3) is 0.217. The number of rotatable bonds is 6. The molecule has 0 saturated carbocycles. The van der Waals surface area contributed by atoms with Crippen molar-refractivity contribution >= 4 is 5.91 Å². The molecule has 0 saturated heterocycles. The first-order chi connectivity index (χ1) is 13.5. The van der Waals surface area contributed by atoms with Crippen molar-refractivity contribution in [3.8, 4) is 5.75 Å². The number of hydrogen-bond donors (Lipinski definition) is 2. The minimum atomic E-state index is -0.449. The Labute approximate surface area is 164 Å². The molecule has 0 radical (unpaired) electrons. The minimum Gasteiger partial charge on any atom is -0.496 e. The van der Waals surface area contributed by atoms with Crippen molar-refractivity contribution in [1.82, 2.24) is 10.3 Å². The number of carbonyl (C=O) groups is 1. The largest absolute Gasteiger partial charge is 0.496 e. The summed E-state index contributed by atoms with van der Waals surface area (Å²) in [7, 11) is 1.60. The Bertz CT molecular complexity index is 1030. The van der Waals surface area contributed by atoms with E-state index >= 15 is 0 Å². The van der Waals surface area contributed by atoms with Crippen molar-refractivity contribution in [3.05, 3.63) is 99.0 Å². The van der Waals surface area contributed by atoms with Crippen LogP contribution in [0.5, 0.6) is 5.75 Å². The van der Waals surface area contributed by atoms with Crippen LogP contribution in [0.25, 0.3) is 0 Å². The number of aromatic nitrogens is 1. The van der Waals surface area contributed by atoms with E-state index in [9.17, 15) is 9.59 Å². The molecule has 0 unspecified atom stereocenters. The third-order valence-corrected chi connectivity index (χ3v) is 4.80. The smallest absolute Gasteiger partial charge is 0.261 e. The second-order valence-corrected chi connectivity index (χ2v) is 6.59. The van der Waals surface area contributed by atoms with Crippen LogP contribution in [0.2, 0.25) is 0 Å². The number of methoxy groups -OCH3 is 1. The van der Waals surface area contributed by atoms with E-state index in [1.165, 1.54) is 0 Å². The van der Waals surface area contributed by atoms with Crippen LogP contribution in [0, 0.1) is 6.92 Å². The first-order valence-corrected chi connectivity index (χ1v) is 9.26. The van der Waals surface area contributed by atoms with E-state index in [0.717, 1.165) is 22.4 Å². The molecule has 5 heteroatoms. The standard InChI is InChI=1S/C23H24N2O3/c1-4-19-15(2)14-18(22(26)24-19)23(27)25-21(16-10-6-5-7-11-16)17-12-8-9-13-20(17)28-3/h5-14,21H,4H2,1-3H3,(H,24,26)(H,25,27)/t21-/m0/s1. The number of H-pyrrole nitrogens is 1. The lowest BCUT2D eigenvalue weighted by molar-refractivity contribution is 0.0941. The molecule has 0 bridgehead atoms. The second-order valence-electron chi connectivity index (χ2n) is 6.59. The zero-order valence-electron chi connectivity index (χ0n) is 16.3. The molecule has 3 aromatic rings. The zero-order valence-corrected chi connectivity index (χ0v) is 16.3. The van der Waals surface area contributed by atoms with Crippen molar-refractivity contribution in [1.29, 1.82) is 0 Å². The molecule has 0 spiro atoms. The monoisotopic (exact) mass is 376 g/mol. The van der Waals surface area contributed by atoms with E-state index in [4.69, 9.17) is 4.74 Å². The van der Waals surface area contributed by atoms with Gasteiger partial charge in [0.1, 0.15) is 11.3 Å². The summed E-state index contributed by atoms with van der Waals surface area (Å²) in [5.41, 5.74) is 3.17. The summed E-state index contributed by atoms with van der Waals surface area (Å²) < 4.78 is 5.49. The Morgan fingerprint density at radius 3 is 2.46 bits per heavy atom. The predicted octanol–water partition coefficient (Wildman–Crippen LogP) is 3.77. The molecule has 144 valence electrons. The molecule has 2 aromatic carbocycles. The third-order valence-electron chi connectivity index (χ3n) is 4.80. The first-order valence-electron chi connectivity index (χ1n) is 9.26. The Hall–Kier alpha value is -3.34. The maximum Gasteiger partial charge on any atom is 0.261 e. The van der Waals surface area contributed by atoms with Gasteiger partial charge in [-0.2, -0.15) is 0 Å². The van der Waals surface area contributed by atoms with Gasteiger partial charge in [0.15, 0.2) is 0 Å². The summed E-state index contributed by atoms with van der Waals surface area (Å²) in [6.07, 6.45) is 0.705. The molecule has 1 heterocycles. The average molecular weight is 376 g/mol. The molecule has 0 aliphatic rings. The van der Waals surface area contributed by atoms with Gasteiger partial charge in [-0.05, 0) is 36.6 Å². The lowest BCUT2D eigenvalue weighted by atomic mass is 9.97. The average Bonchev–Trinajstić information content (AvgIpc) is 2.73. The first kappa shape index (κ1) is 19.4. The summed E-state index contributed by atoms with van der Waals surface area (Å²) in [6.45, 7) is 3.85. The van der Waals surface area contributed by atoms with Gasteiger partial charge >= 0.3 is 0 Å². The fourth-order valence-corrected chi connectivity index (χ4v) is 3.31. The third kappa shape index (κ3) is 3.98. The fourth-order valence-electron chi connectivity index (χ4n) is 3.31. The summed E-state index contributed by atoms with van der Waals surface area (Å²) >= 11 is 0. The van der Waals surface area contributed by atoms with E-state index in [2.05, 4.69) is 10.3 Å². The lowest BCUT2D eigenvalue weighted by Gasteiger charge is -2.22. The molecule has 2 N–H and O–H groups in total. The Morgan fingerprint density at radius 1 is 1.11 bits per heavy atom. The molecule has 1 atom stereocenters. The molecule has 1 aromatic heterocycles. The molecule has 3 rings (SSSR count). The number of benzene rings is 2.